The first-order chi connectivity index (χ1) is 10.2. The quantitative estimate of drug-likeness (QED) is 0.894. The summed E-state index contributed by atoms with van der Waals surface area (Å²) in [5, 5.41) is 3.63. The monoisotopic (exact) mass is 294 g/mol. The molecule has 2 aliphatic heterocycles. The van der Waals surface area contributed by atoms with Crippen LogP contribution < -0.4 is 5.32 Å². The Morgan fingerprint density at radius 2 is 1.76 bits per heavy atom. The van der Waals surface area contributed by atoms with E-state index in [0.717, 1.165) is 25.8 Å². The Morgan fingerprint density at radius 1 is 1.14 bits per heavy atom. The van der Waals surface area contributed by atoms with E-state index >= 15 is 0 Å². The summed E-state index contributed by atoms with van der Waals surface area (Å²) in [4.78, 5) is 2.29. The normalized spacial score (nSPS) is 28.3. The van der Waals surface area contributed by atoms with Crippen molar-refractivity contribution >= 4 is 0 Å². The van der Waals surface area contributed by atoms with Crippen LogP contribution in [0, 0.1) is 11.6 Å². The largest absolute Gasteiger partial charge is 0.311 e. The molecule has 116 valence electrons. The van der Waals surface area contributed by atoms with Gasteiger partial charge in [-0.25, -0.2) is 8.78 Å². The highest BCUT2D eigenvalue weighted by Crippen LogP contribution is 2.31. The Morgan fingerprint density at radius 3 is 2.33 bits per heavy atom. The molecule has 0 amide bonds. The smallest absolute Gasteiger partial charge is 0.130 e. The fourth-order valence-corrected chi connectivity index (χ4v) is 3.89. The van der Waals surface area contributed by atoms with E-state index in [9.17, 15) is 8.78 Å². The zero-order valence-corrected chi connectivity index (χ0v) is 12.6. The summed E-state index contributed by atoms with van der Waals surface area (Å²) in [7, 11) is 0. The summed E-state index contributed by atoms with van der Waals surface area (Å²) in [6.07, 6.45) is 5.71. The van der Waals surface area contributed by atoms with Crippen LogP contribution in [0.15, 0.2) is 18.2 Å². The number of halogens is 2. The van der Waals surface area contributed by atoms with Gasteiger partial charge in [0.2, 0.25) is 0 Å². The molecule has 2 nitrogen and oxygen atoms in total. The lowest BCUT2D eigenvalue weighted by Crippen LogP contribution is -2.48. The summed E-state index contributed by atoms with van der Waals surface area (Å²) in [5.41, 5.74) is 0.219. The van der Waals surface area contributed by atoms with E-state index in [1.807, 2.05) is 0 Å². The summed E-state index contributed by atoms with van der Waals surface area (Å²) in [6, 6.07) is 5.78. The van der Waals surface area contributed by atoms with Crippen molar-refractivity contribution in [2.75, 3.05) is 6.54 Å². The third-order valence-electron chi connectivity index (χ3n) is 4.90. The molecule has 1 N–H and O–H groups in total. The number of hydrogen-bond donors (Lipinski definition) is 1. The molecular weight excluding hydrogens is 270 g/mol. The Bertz CT molecular complexity index is 459. The molecule has 2 fully saturated rings. The van der Waals surface area contributed by atoms with Crippen molar-refractivity contribution in [1.29, 1.82) is 0 Å². The lowest BCUT2D eigenvalue weighted by molar-refractivity contribution is 0.131. The van der Waals surface area contributed by atoms with Crippen molar-refractivity contribution in [2.45, 2.75) is 63.7 Å². The molecule has 21 heavy (non-hydrogen) atoms. The van der Waals surface area contributed by atoms with Crippen LogP contribution in [0.4, 0.5) is 8.78 Å². The number of benzene rings is 1. The third-order valence-corrected chi connectivity index (χ3v) is 4.90. The lowest BCUT2D eigenvalue weighted by atomic mass is 9.97. The van der Waals surface area contributed by atoms with E-state index in [-0.39, 0.29) is 5.56 Å². The predicted molar refractivity (Wildman–Crippen MR) is 80.0 cm³/mol. The minimum Gasteiger partial charge on any atom is -0.311 e. The second-order valence-electron chi connectivity index (χ2n) is 6.43. The topological polar surface area (TPSA) is 15.3 Å². The van der Waals surface area contributed by atoms with E-state index in [2.05, 4.69) is 17.1 Å². The molecule has 2 heterocycles. The van der Waals surface area contributed by atoms with Gasteiger partial charge in [0.25, 0.3) is 0 Å². The van der Waals surface area contributed by atoms with Crippen LogP contribution in [-0.2, 0) is 6.54 Å². The average molecular weight is 294 g/mol. The highest BCUT2D eigenvalue weighted by Gasteiger charge is 2.36. The van der Waals surface area contributed by atoms with Crippen LogP contribution in [0.25, 0.3) is 0 Å². The summed E-state index contributed by atoms with van der Waals surface area (Å²) in [5.74, 6) is -0.846. The minimum absolute atomic E-state index is 0.219. The fourth-order valence-electron chi connectivity index (χ4n) is 3.89. The molecule has 0 aromatic heterocycles. The second-order valence-corrected chi connectivity index (χ2v) is 6.43. The van der Waals surface area contributed by atoms with Crippen LogP contribution in [0.2, 0.25) is 0 Å². The van der Waals surface area contributed by atoms with Gasteiger partial charge in [0.15, 0.2) is 0 Å². The Labute approximate surface area is 125 Å². The molecule has 0 aliphatic carbocycles. The van der Waals surface area contributed by atoms with E-state index in [4.69, 9.17) is 0 Å². The highest BCUT2D eigenvalue weighted by molar-refractivity contribution is 5.19. The van der Waals surface area contributed by atoms with Crippen molar-refractivity contribution in [2.24, 2.45) is 0 Å². The standard InChI is InChI=1S/C17H24F2N2/c1-2-8-21(11-15-16(18)4-3-5-17(15)19)14-9-12-6-7-13(10-14)20-12/h3-5,12-14,20H,2,6-11H2,1H3. The summed E-state index contributed by atoms with van der Waals surface area (Å²) >= 11 is 0. The molecule has 1 aromatic rings. The maximum Gasteiger partial charge on any atom is 0.130 e. The number of hydrogen-bond acceptors (Lipinski definition) is 2. The van der Waals surface area contributed by atoms with Crippen LogP contribution in [0.1, 0.15) is 44.6 Å². The van der Waals surface area contributed by atoms with Crippen LogP contribution in [0.3, 0.4) is 0 Å². The number of rotatable bonds is 5. The fraction of sp³-hybridized carbons (Fsp3) is 0.647. The van der Waals surface area contributed by atoms with E-state index in [1.165, 1.54) is 31.0 Å². The zero-order valence-electron chi connectivity index (χ0n) is 12.6. The molecule has 1 aromatic carbocycles. The van der Waals surface area contributed by atoms with Crippen molar-refractivity contribution < 1.29 is 8.78 Å². The first-order valence-corrected chi connectivity index (χ1v) is 8.10. The van der Waals surface area contributed by atoms with Crippen LogP contribution in [-0.4, -0.2) is 29.6 Å². The van der Waals surface area contributed by atoms with E-state index in [1.54, 1.807) is 0 Å². The van der Waals surface area contributed by atoms with Crippen molar-refractivity contribution in [1.82, 2.24) is 10.2 Å². The van der Waals surface area contributed by atoms with E-state index in [0.29, 0.717) is 24.7 Å². The van der Waals surface area contributed by atoms with Gasteiger partial charge in [-0.3, -0.25) is 4.90 Å². The molecule has 2 saturated heterocycles. The SMILES string of the molecule is CCCN(Cc1c(F)cccc1F)C1CC2CCC(C1)N2. The van der Waals surface area contributed by atoms with Gasteiger partial charge in [0.05, 0.1) is 0 Å². The van der Waals surface area contributed by atoms with Gasteiger partial charge in [-0.15, -0.1) is 0 Å². The number of nitrogens with zero attached hydrogens (tertiary/aromatic N) is 1. The molecule has 2 aliphatic rings. The molecule has 2 unspecified atom stereocenters. The first kappa shape index (κ1) is 14.9. The Kier molecular flexibility index (Phi) is 4.55. The van der Waals surface area contributed by atoms with Gasteiger partial charge in [-0.05, 0) is 50.8 Å². The molecular formula is C17H24F2N2. The zero-order chi connectivity index (χ0) is 14.8. The number of fused-ring (bicyclic) bond motifs is 2. The van der Waals surface area contributed by atoms with Gasteiger partial charge in [-0.1, -0.05) is 13.0 Å². The number of nitrogens with one attached hydrogen (secondary N) is 1. The third kappa shape index (κ3) is 3.27. The summed E-state index contributed by atoms with van der Waals surface area (Å²) < 4.78 is 27.8. The Balaban J connectivity index is 1.75. The number of piperidine rings is 1. The van der Waals surface area contributed by atoms with Gasteiger partial charge in [0.1, 0.15) is 11.6 Å². The first-order valence-electron chi connectivity index (χ1n) is 8.10. The highest BCUT2D eigenvalue weighted by atomic mass is 19.1. The van der Waals surface area contributed by atoms with Crippen molar-refractivity contribution in [3.8, 4) is 0 Å². The molecule has 4 heteroatoms. The van der Waals surface area contributed by atoms with Crippen LogP contribution in [0.5, 0.6) is 0 Å². The molecule has 3 rings (SSSR count). The predicted octanol–water partition coefficient (Wildman–Crippen LogP) is 3.46. The maximum absolute atomic E-state index is 13.9. The lowest BCUT2D eigenvalue weighted by Gasteiger charge is -2.38. The molecule has 0 spiro atoms. The minimum atomic E-state index is -0.423. The van der Waals surface area contributed by atoms with Gasteiger partial charge >= 0.3 is 0 Å². The van der Waals surface area contributed by atoms with Gasteiger partial charge < -0.3 is 5.32 Å². The van der Waals surface area contributed by atoms with E-state index < -0.39 is 11.6 Å². The van der Waals surface area contributed by atoms with Gasteiger partial charge in [-0.2, -0.15) is 0 Å². The van der Waals surface area contributed by atoms with Crippen molar-refractivity contribution in [3.63, 3.8) is 0 Å². The second kappa shape index (κ2) is 6.41. The van der Waals surface area contributed by atoms with Crippen molar-refractivity contribution in [3.05, 3.63) is 35.4 Å². The molecule has 0 radical (unpaired) electrons. The maximum atomic E-state index is 13.9. The van der Waals surface area contributed by atoms with Crippen LogP contribution >= 0.6 is 0 Å². The Hall–Kier alpha value is -1.00. The molecule has 2 atom stereocenters. The molecule has 2 bridgehead atoms. The summed E-state index contributed by atoms with van der Waals surface area (Å²) in [6.45, 7) is 3.41. The van der Waals surface area contributed by atoms with Gasteiger partial charge in [0, 0.05) is 30.2 Å². The average Bonchev–Trinajstić information content (AvgIpc) is 2.80. The molecule has 0 saturated carbocycles.